The van der Waals surface area contributed by atoms with Gasteiger partial charge in [-0.15, -0.1) is 24.8 Å². The predicted octanol–water partition coefficient (Wildman–Crippen LogP) is 2.68. The van der Waals surface area contributed by atoms with E-state index in [0.29, 0.717) is 11.3 Å². The van der Waals surface area contributed by atoms with Crippen LogP contribution in [0.2, 0.25) is 0 Å². The maximum Gasteiger partial charge on any atom is 0.254 e. The van der Waals surface area contributed by atoms with Gasteiger partial charge in [0.15, 0.2) is 0 Å². The molecule has 0 spiro atoms. The normalized spacial score (nSPS) is 14.6. The topological polar surface area (TPSA) is 75.6 Å². The lowest BCUT2D eigenvalue weighted by Crippen LogP contribution is -2.48. The Labute approximate surface area is 160 Å². The summed E-state index contributed by atoms with van der Waals surface area (Å²) in [4.78, 5) is 16.7. The molecular formula is C17H24Cl2N4O2. The highest BCUT2D eigenvalue weighted by molar-refractivity contribution is 5.95. The van der Waals surface area contributed by atoms with Crippen molar-refractivity contribution in [2.24, 2.45) is 0 Å². The minimum atomic E-state index is 0. The van der Waals surface area contributed by atoms with Gasteiger partial charge in [0.1, 0.15) is 5.76 Å². The van der Waals surface area contributed by atoms with Crippen molar-refractivity contribution in [1.29, 1.82) is 0 Å². The highest BCUT2D eigenvalue weighted by Gasteiger charge is 2.23. The number of hydrogen-bond acceptors (Lipinski definition) is 5. The third-order valence-corrected chi connectivity index (χ3v) is 4.36. The van der Waals surface area contributed by atoms with Crippen LogP contribution >= 0.6 is 24.8 Å². The van der Waals surface area contributed by atoms with Gasteiger partial charge in [-0.3, -0.25) is 9.69 Å². The number of hydrogen-bond donors (Lipinski definition) is 1. The Kier molecular flexibility index (Phi) is 7.73. The molecule has 6 nitrogen and oxygen atoms in total. The van der Waals surface area contributed by atoms with Gasteiger partial charge in [-0.2, -0.15) is 0 Å². The molecule has 1 amide bonds. The summed E-state index contributed by atoms with van der Waals surface area (Å²) in [5.41, 5.74) is 9.13. The first-order valence-corrected chi connectivity index (χ1v) is 7.83. The molecule has 0 unspecified atom stereocenters. The van der Waals surface area contributed by atoms with Gasteiger partial charge >= 0.3 is 0 Å². The van der Waals surface area contributed by atoms with Gasteiger partial charge in [0, 0.05) is 49.5 Å². The van der Waals surface area contributed by atoms with Gasteiger partial charge in [-0.1, -0.05) is 11.2 Å². The average molecular weight is 387 g/mol. The lowest BCUT2D eigenvalue weighted by atomic mass is 10.1. The van der Waals surface area contributed by atoms with E-state index in [1.807, 2.05) is 30.9 Å². The Morgan fingerprint density at radius 1 is 1.20 bits per heavy atom. The summed E-state index contributed by atoms with van der Waals surface area (Å²) in [5.74, 6) is 0.926. The quantitative estimate of drug-likeness (QED) is 0.820. The highest BCUT2D eigenvalue weighted by Crippen LogP contribution is 2.17. The standard InChI is InChI=1S/C17H22N4O2.2ClH/c1-12-16(13(2)23-19-12)11-20-6-8-21(9-7-20)17(22)14-4-3-5-15(18)10-14;;/h3-5,10H,6-9,11,18H2,1-2H3;2*1H. The number of amides is 1. The van der Waals surface area contributed by atoms with E-state index >= 15 is 0 Å². The molecule has 2 N–H and O–H groups in total. The van der Waals surface area contributed by atoms with Gasteiger partial charge in [0.2, 0.25) is 0 Å². The van der Waals surface area contributed by atoms with Crippen LogP contribution in [0.15, 0.2) is 28.8 Å². The van der Waals surface area contributed by atoms with Crippen molar-refractivity contribution >= 4 is 36.4 Å². The van der Waals surface area contributed by atoms with Crippen molar-refractivity contribution in [3.63, 3.8) is 0 Å². The van der Waals surface area contributed by atoms with Crippen molar-refractivity contribution in [3.8, 4) is 0 Å². The number of anilines is 1. The molecule has 0 aliphatic carbocycles. The molecule has 0 bridgehead atoms. The number of aromatic nitrogens is 1. The maximum atomic E-state index is 12.5. The molecule has 0 atom stereocenters. The molecule has 25 heavy (non-hydrogen) atoms. The highest BCUT2D eigenvalue weighted by atomic mass is 35.5. The number of benzene rings is 1. The number of nitrogens with zero attached hydrogens (tertiary/aromatic N) is 3. The van der Waals surface area contributed by atoms with Gasteiger partial charge < -0.3 is 15.2 Å². The summed E-state index contributed by atoms with van der Waals surface area (Å²) in [6.07, 6.45) is 0. The SMILES string of the molecule is Cc1noc(C)c1CN1CCN(C(=O)c2cccc(N)c2)CC1.Cl.Cl. The van der Waals surface area contributed by atoms with Crippen molar-refractivity contribution < 1.29 is 9.32 Å². The molecule has 0 radical (unpaired) electrons. The molecule has 1 aliphatic rings. The van der Waals surface area contributed by atoms with Gasteiger partial charge in [0.05, 0.1) is 5.69 Å². The first-order valence-electron chi connectivity index (χ1n) is 7.83. The van der Waals surface area contributed by atoms with Crippen molar-refractivity contribution in [3.05, 3.63) is 46.8 Å². The summed E-state index contributed by atoms with van der Waals surface area (Å²) in [6.45, 7) is 7.85. The van der Waals surface area contributed by atoms with Gasteiger partial charge in [-0.05, 0) is 32.0 Å². The first-order chi connectivity index (χ1) is 11.0. The predicted molar refractivity (Wildman–Crippen MR) is 103 cm³/mol. The largest absolute Gasteiger partial charge is 0.399 e. The zero-order valence-electron chi connectivity index (χ0n) is 14.4. The Morgan fingerprint density at radius 3 is 2.44 bits per heavy atom. The zero-order chi connectivity index (χ0) is 16.4. The summed E-state index contributed by atoms with van der Waals surface area (Å²) in [7, 11) is 0. The Hall–Kier alpha value is -1.76. The molecule has 2 aromatic rings. The molecule has 1 aromatic carbocycles. The molecule has 1 fully saturated rings. The van der Waals surface area contributed by atoms with Crippen LogP contribution in [0.3, 0.4) is 0 Å². The summed E-state index contributed by atoms with van der Waals surface area (Å²) in [6, 6.07) is 7.15. The van der Waals surface area contributed by atoms with E-state index in [4.69, 9.17) is 10.3 Å². The lowest BCUT2D eigenvalue weighted by molar-refractivity contribution is 0.0627. The van der Waals surface area contributed by atoms with Crippen LogP contribution in [0.25, 0.3) is 0 Å². The second-order valence-electron chi connectivity index (χ2n) is 6.00. The van der Waals surface area contributed by atoms with Crippen LogP contribution < -0.4 is 5.73 Å². The van der Waals surface area contributed by atoms with Crippen molar-refractivity contribution in [2.75, 3.05) is 31.9 Å². The number of nitrogen functional groups attached to an aromatic ring is 1. The van der Waals surface area contributed by atoms with Crippen LogP contribution in [-0.2, 0) is 6.54 Å². The summed E-state index contributed by atoms with van der Waals surface area (Å²) in [5, 5.41) is 3.99. The van der Waals surface area contributed by atoms with Crippen LogP contribution in [0, 0.1) is 13.8 Å². The summed E-state index contributed by atoms with van der Waals surface area (Å²) >= 11 is 0. The molecular weight excluding hydrogens is 363 g/mol. The number of nitrogens with two attached hydrogens (primary N) is 1. The average Bonchev–Trinajstić information content (AvgIpc) is 2.87. The van der Waals surface area contributed by atoms with Gasteiger partial charge in [-0.25, -0.2) is 0 Å². The van der Waals surface area contributed by atoms with Crippen LogP contribution in [-0.4, -0.2) is 47.0 Å². The number of halogens is 2. The molecule has 1 aromatic heterocycles. The third-order valence-electron chi connectivity index (χ3n) is 4.36. The van der Waals surface area contributed by atoms with E-state index in [1.54, 1.807) is 12.1 Å². The molecule has 8 heteroatoms. The van der Waals surface area contributed by atoms with Crippen LogP contribution in [0.5, 0.6) is 0 Å². The smallest absolute Gasteiger partial charge is 0.254 e. The second kappa shape index (κ2) is 9.08. The van der Waals surface area contributed by atoms with Crippen molar-refractivity contribution in [2.45, 2.75) is 20.4 Å². The molecule has 138 valence electrons. The van der Waals surface area contributed by atoms with E-state index in [2.05, 4.69) is 10.1 Å². The molecule has 1 saturated heterocycles. The molecule has 1 aliphatic heterocycles. The fourth-order valence-electron chi connectivity index (χ4n) is 2.91. The maximum absolute atomic E-state index is 12.5. The minimum Gasteiger partial charge on any atom is -0.399 e. The Balaban J connectivity index is 0.00000156. The molecule has 0 saturated carbocycles. The second-order valence-corrected chi connectivity index (χ2v) is 6.00. The van der Waals surface area contributed by atoms with E-state index < -0.39 is 0 Å². The molecule has 3 rings (SSSR count). The minimum absolute atomic E-state index is 0. The van der Waals surface area contributed by atoms with E-state index in [9.17, 15) is 4.79 Å². The zero-order valence-corrected chi connectivity index (χ0v) is 16.0. The van der Waals surface area contributed by atoms with E-state index in [1.165, 1.54) is 0 Å². The number of carbonyl (C=O) groups is 1. The number of rotatable bonds is 3. The van der Waals surface area contributed by atoms with Gasteiger partial charge in [0.25, 0.3) is 5.91 Å². The molecule has 2 heterocycles. The third kappa shape index (κ3) is 4.87. The lowest BCUT2D eigenvalue weighted by Gasteiger charge is -2.34. The monoisotopic (exact) mass is 386 g/mol. The van der Waals surface area contributed by atoms with E-state index in [0.717, 1.165) is 49.7 Å². The van der Waals surface area contributed by atoms with E-state index in [-0.39, 0.29) is 30.7 Å². The fraction of sp³-hybridized carbons (Fsp3) is 0.412. The number of carbonyl (C=O) groups excluding carboxylic acids is 1. The first kappa shape index (κ1) is 21.3. The summed E-state index contributed by atoms with van der Waals surface area (Å²) < 4.78 is 5.21. The number of aryl methyl sites for hydroxylation is 2. The number of piperazine rings is 1. The Bertz CT molecular complexity index is 693. The van der Waals surface area contributed by atoms with Crippen LogP contribution in [0.1, 0.15) is 27.4 Å². The van der Waals surface area contributed by atoms with Crippen molar-refractivity contribution in [1.82, 2.24) is 15.0 Å². The Morgan fingerprint density at radius 2 is 1.88 bits per heavy atom. The van der Waals surface area contributed by atoms with Crippen LogP contribution in [0.4, 0.5) is 5.69 Å². The fourth-order valence-corrected chi connectivity index (χ4v) is 2.91.